The van der Waals surface area contributed by atoms with Crippen molar-refractivity contribution < 1.29 is 19.1 Å². The fraction of sp³-hybridized carbons (Fsp3) is 0.333. The molecule has 0 unspecified atom stereocenters. The molecule has 3 aromatic rings. The van der Waals surface area contributed by atoms with Crippen molar-refractivity contribution in [2.75, 3.05) is 25.0 Å². The summed E-state index contributed by atoms with van der Waals surface area (Å²) in [6.45, 7) is 7.12. The minimum absolute atomic E-state index is 0.0695. The maximum atomic E-state index is 13.3. The Hall–Kier alpha value is -4.21. The number of aromatic nitrogens is 2. The predicted octanol–water partition coefficient (Wildman–Crippen LogP) is 4.64. The number of rotatable bonds is 4. The highest BCUT2D eigenvalue weighted by Crippen LogP contribution is 2.40. The van der Waals surface area contributed by atoms with E-state index in [1.807, 2.05) is 19.1 Å². The van der Waals surface area contributed by atoms with Gasteiger partial charge in [-0.2, -0.15) is 5.26 Å². The number of carbonyl (C=O) groups is 3. The highest BCUT2D eigenvalue weighted by molar-refractivity contribution is 7.19. The van der Waals surface area contributed by atoms with E-state index in [2.05, 4.69) is 21.4 Å². The molecule has 0 saturated carbocycles. The number of anilines is 1. The molecule has 40 heavy (non-hydrogen) atoms. The van der Waals surface area contributed by atoms with E-state index < -0.39 is 29.7 Å². The van der Waals surface area contributed by atoms with Gasteiger partial charge in [0.15, 0.2) is 5.13 Å². The number of piperazine rings is 1. The molecular formula is C27H28ClN7O4S. The summed E-state index contributed by atoms with van der Waals surface area (Å²) in [5.41, 5.74) is 8.00. The smallest absolute Gasteiger partial charge is 0.411 e. The van der Waals surface area contributed by atoms with Gasteiger partial charge in [0.2, 0.25) is 5.91 Å². The average molecular weight is 582 g/mol. The number of pyridine rings is 1. The van der Waals surface area contributed by atoms with Crippen molar-refractivity contribution in [3.63, 3.8) is 0 Å². The summed E-state index contributed by atoms with van der Waals surface area (Å²) in [5.74, 6) is -0.746. The van der Waals surface area contributed by atoms with E-state index in [-0.39, 0.29) is 19.6 Å². The molecule has 208 valence electrons. The maximum absolute atomic E-state index is 13.3. The van der Waals surface area contributed by atoms with Crippen molar-refractivity contribution in [2.24, 2.45) is 5.73 Å². The second-order valence-electron chi connectivity index (χ2n) is 10.2. The van der Waals surface area contributed by atoms with E-state index in [4.69, 9.17) is 22.1 Å². The van der Waals surface area contributed by atoms with Gasteiger partial charge in [-0.05, 0) is 57.5 Å². The number of ether oxygens (including phenoxy) is 1. The van der Waals surface area contributed by atoms with E-state index >= 15 is 0 Å². The van der Waals surface area contributed by atoms with Gasteiger partial charge in [-0.1, -0.05) is 35.1 Å². The fourth-order valence-corrected chi connectivity index (χ4v) is 5.40. The van der Waals surface area contributed by atoms with Gasteiger partial charge in [0.25, 0.3) is 0 Å². The number of primary amides is 1. The van der Waals surface area contributed by atoms with Gasteiger partial charge in [0.05, 0.1) is 28.7 Å². The molecule has 0 bridgehead atoms. The molecule has 13 heteroatoms. The lowest BCUT2D eigenvalue weighted by molar-refractivity contribution is -0.124. The fourth-order valence-electron chi connectivity index (χ4n) is 4.18. The minimum atomic E-state index is -1.05. The Kier molecular flexibility index (Phi) is 8.27. The number of nitrogens with one attached hydrogen (secondary N) is 1. The van der Waals surface area contributed by atoms with Crippen LogP contribution in [-0.4, -0.2) is 69.1 Å². The molecule has 1 atom stereocenters. The Morgan fingerprint density at radius 2 is 1.93 bits per heavy atom. The van der Waals surface area contributed by atoms with E-state index in [0.29, 0.717) is 32.8 Å². The van der Waals surface area contributed by atoms with Crippen molar-refractivity contribution >= 4 is 46.1 Å². The number of nitrogens with two attached hydrogens (primary N) is 1. The minimum Gasteiger partial charge on any atom is -0.444 e. The van der Waals surface area contributed by atoms with Gasteiger partial charge < -0.3 is 15.4 Å². The molecule has 1 aliphatic rings. The van der Waals surface area contributed by atoms with Crippen molar-refractivity contribution in [3.05, 3.63) is 52.8 Å². The molecule has 0 spiro atoms. The number of halogens is 1. The van der Waals surface area contributed by atoms with Crippen LogP contribution in [0.1, 0.15) is 32.0 Å². The van der Waals surface area contributed by atoms with Crippen LogP contribution in [0, 0.1) is 18.3 Å². The van der Waals surface area contributed by atoms with Gasteiger partial charge in [-0.15, -0.1) is 0 Å². The van der Waals surface area contributed by atoms with E-state index in [9.17, 15) is 19.6 Å². The third-order valence-corrected chi connectivity index (χ3v) is 7.13. The molecule has 1 aliphatic heterocycles. The second-order valence-corrected chi connectivity index (χ2v) is 11.6. The van der Waals surface area contributed by atoms with Crippen molar-refractivity contribution in [1.29, 1.82) is 5.26 Å². The number of benzene rings is 1. The number of nitrogens with zero attached hydrogens (tertiary/aromatic N) is 5. The van der Waals surface area contributed by atoms with Crippen LogP contribution in [0.25, 0.3) is 21.7 Å². The summed E-state index contributed by atoms with van der Waals surface area (Å²) in [5, 5.41) is 12.8. The summed E-state index contributed by atoms with van der Waals surface area (Å²) in [6.07, 6.45) is -0.670. The summed E-state index contributed by atoms with van der Waals surface area (Å²) < 4.78 is 5.40. The lowest BCUT2D eigenvalue weighted by atomic mass is 10.1. The molecule has 4 amide bonds. The molecule has 1 saturated heterocycles. The van der Waals surface area contributed by atoms with Crippen molar-refractivity contribution in [3.8, 4) is 27.8 Å². The van der Waals surface area contributed by atoms with Crippen molar-refractivity contribution in [1.82, 2.24) is 19.8 Å². The third kappa shape index (κ3) is 6.67. The Morgan fingerprint density at radius 1 is 1.18 bits per heavy atom. The largest absolute Gasteiger partial charge is 0.444 e. The Balaban J connectivity index is 1.61. The zero-order valence-electron chi connectivity index (χ0n) is 22.4. The van der Waals surface area contributed by atoms with E-state index in [1.54, 1.807) is 45.0 Å². The van der Waals surface area contributed by atoms with Gasteiger partial charge in [-0.3, -0.25) is 15.0 Å². The normalized spacial score (nSPS) is 15.3. The average Bonchev–Trinajstić information content (AvgIpc) is 3.30. The van der Waals surface area contributed by atoms with E-state index in [1.165, 1.54) is 21.1 Å². The van der Waals surface area contributed by atoms with Crippen LogP contribution in [0.5, 0.6) is 0 Å². The number of hydrogen-bond acceptors (Lipinski definition) is 8. The zero-order valence-corrected chi connectivity index (χ0v) is 24.0. The predicted molar refractivity (Wildman–Crippen MR) is 152 cm³/mol. The molecular weight excluding hydrogens is 554 g/mol. The van der Waals surface area contributed by atoms with Gasteiger partial charge in [0.1, 0.15) is 16.8 Å². The highest BCUT2D eigenvalue weighted by Gasteiger charge is 2.38. The molecule has 3 heterocycles. The SMILES string of the molecule is Cc1cc(-c2sc(NC(=O)N3CCN(C(=O)OC(C)(C)C)[C@@H](C(N)=O)C3)nc2-c2cccc(C#N)c2)cc(Cl)n1. The van der Waals surface area contributed by atoms with E-state index in [0.717, 1.165) is 10.4 Å². The van der Waals surface area contributed by atoms with Crippen LogP contribution in [0.15, 0.2) is 36.4 Å². The monoisotopic (exact) mass is 581 g/mol. The van der Waals surface area contributed by atoms with Gasteiger partial charge in [-0.25, -0.2) is 19.6 Å². The molecule has 4 rings (SSSR count). The Bertz CT molecular complexity index is 1490. The first-order valence-corrected chi connectivity index (χ1v) is 13.5. The highest BCUT2D eigenvalue weighted by atomic mass is 35.5. The topological polar surface area (TPSA) is 155 Å². The molecule has 11 nitrogen and oxygen atoms in total. The number of nitriles is 1. The molecule has 0 aliphatic carbocycles. The molecule has 3 N–H and O–H groups in total. The Labute approximate surface area is 240 Å². The summed E-state index contributed by atoms with van der Waals surface area (Å²) in [7, 11) is 0. The van der Waals surface area contributed by atoms with Crippen LogP contribution in [0.3, 0.4) is 0 Å². The number of thiazole rings is 1. The zero-order chi connectivity index (χ0) is 29.2. The lowest BCUT2D eigenvalue weighted by Gasteiger charge is -2.39. The quantitative estimate of drug-likeness (QED) is 0.425. The number of amides is 4. The van der Waals surface area contributed by atoms with Crippen LogP contribution in [0.2, 0.25) is 5.15 Å². The van der Waals surface area contributed by atoms with Crippen LogP contribution < -0.4 is 11.1 Å². The third-order valence-electron chi connectivity index (χ3n) is 5.91. The molecule has 1 aromatic carbocycles. The first kappa shape index (κ1) is 28.8. The first-order chi connectivity index (χ1) is 18.8. The van der Waals surface area contributed by atoms with Crippen LogP contribution >= 0.6 is 22.9 Å². The Morgan fingerprint density at radius 3 is 2.58 bits per heavy atom. The van der Waals surface area contributed by atoms with Gasteiger partial charge in [0, 0.05) is 24.3 Å². The molecule has 0 radical (unpaired) electrons. The van der Waals surface area contributed by atoms with Crippen molar-refractivity contribution in [2.45, 2.75) is 39.3 Å². The van der Waals surface area contributed by atoms with Crippen LogP contribution in [-0.2, 0) is 9.53 Å². The summed E-state index contributed by atoms with van der Waals surface area (Å²) in [4.78, 5) is 50.4. The standard InChI is InChI=1S/C27H28ClN7O4S/c1-15-10-18(12-20(28)31-15)22-21(17-7-5-6-16(11-17)13-29)32-24(40-22)33-25(37)34-8-9-35(19(14-34)23(30)36)26(38)39-27(2,3)4/h5-7,10-12,19H,8-9,14H2,1-4H3,(H2,30,36)(H,32,33,37)/t19-/m1/s1. The summed E-state index contributed by atoms with van der Waals surface area (Å²) >= 11 is 7.46. The number of urea groups is 1. The lowest BCUT2D eigenvalue weighted by Crippen LogP contribution is -2.61. The number of carbonyl (C=O) groups excluding carboxylic acids is 3. The number of hydrogen-bond donors (Lipinski definition) is 2. The summed E-state index contributed by atoms with van der Waals surface area (Å²) in [6, 6.07) is 11.1. The second kappa shape index (κ2) is 11.5. The van der Waals surface area contributed by atoms with Gasteiger partial charge >= 0.3 is 12.1 Å². The number of aryl methyl sites for hydroxylation is 1. The molecule has 1 fully saturated rings. The van der Waals surface area contributed by atoms with Crippen LogP contribution in [0.4, 0.5) is 14.7 Å². The first-order valence-electron chi connectivity index (χ1n) is 12.4. The maximum Gasteiger partial charge on any atom is 0.411 e. The molecule has 2 aromatic heterocycles.